The summed E-state index contributed by atoms with van der Waals surface area (Å²) < 4.78 is 8.29. The molecule has 1 N–H and O–H groups in total. The number of rotatable bonds is 5. The Morgan fingerprint density at radius 3 is 2.81 bits per heavy atom. The smallest absolute Gasteiger partial charge is 0.129 e. The van der Waals surface area contributed by atoms with Crippen molar-refractivity contribution in [3.05, 3.63) is 22.5 Å². The van der Waals surface area contributed by atoms with E-state index in [2.05, 4.69) is 22.5 Å². The van der Waals surface area contributed by atoms with Gasteiger partial charge in [-0.15, -0.1) is 22.7 Å². The molecular formula is C16H19NO2S2. The van der Waals surface area contributed by atoms with Crippen molar-refractivity contribution >= 4 is 43.0 Å². The number of fused-ring (bicyclic) bond motifs is 3. The summed E-state index contributed by atoms with van der Waals surface area (Å²) in [4.78, 5) is 4.62. The highest BCUT2D eigenvalue weighted by molar-refractivity contribution is 7.21. The first-order chi connectivity index (χ1) is 10.1. The number of benzene rings is 1. The van der Waals surface area contributed by atoms with E-state index in [1.807, 2.05) is 20.8 Å². The highest BCUT2D eigenvalue weighted by atomic mass is 32.1. The molecule has 1 aromatic carbocycles. The lowest BCUT2D eigenvalue weighted by atomic mass is 9.99. The van der Waals surface area contributed by atoms with Gasteiger partial charge in [-0.2, -0.15) is 0 Å². The third-order valence-corrected chi connectivity index (χ3v) is 5.82. The molecule has 0 atom stereocenters. The average Bonchev–Trinajstić information content (AvgIpc) is 3.09. The number of hydrogen-bond donors (Lipinski definition) is 1. The first kappa shape index (κ1) is 14.8. The van der Waals surface area contributed by atoms with E-state index in [0.29, 0.717) is 19.4 Å². The number of aryl methyl sites for hydroxylation is 1. The molecule has 0 fully saturated rings. The normalized spacial score (nSPS) is 12.4. The molecule has 112 valence electrons. The molecule has 0 aliphatic heterocycles. The molecule has 0 spiro atoms. The van der Waals surface area contributed by atoms with Gasteiger partial charge in [0.1, 0.15) is 12.4 Å². The maximum Gasteiger partial charge on any atom is 0.129 e. The van der Waals surface area contributed by atoms with Crippen molar-refractivity contribution in [3.8, 4) is 5.75 Å². The number of ether oxygens (including phenoxy) is 1. The summed E-state index contributed by atoms with van der Waals surface area (Å²) in [5, 5.41) is 14.6. The Morgan fingerprint density at radius 2 is 2.10 bits per heavy atom. The molecule has 2 aromatic heterocycles. The molecule has 3 aromatic rings. The molecule has 0 bridgehead atoms. The van der Waals surface area contributed by atoms with Crippen LogP contribution < -0.4 is 4.74 Å². The van der Waals surface area contributed by atoms with E-state index >= 15 is 0 Å². The van der Waals surface area contributed by atoms with E-state index in [4.69, 9.17) is 4.74 Å². The summed E-state index contributed by atoms with van der Waals surface area (Å²) in [6.45, 7) is 6.33. The van der Waals surface area contributed by atoms with E-state index in [1.165, 1.54) is 4.70 Å². The second kappa shape index (κ2) is 5.55. The van der Waals surface area contributed by atoms with Gasteiger partial charge in [0.25, 0.3) is 0 Å². The molecule has 3 rings (SSSR count). The highest BCUT2D eigenvalue weighted by Crippen LogP contribution is 2.39. The first-order valence-corrected chi connectivity index (χ1v) is 8.88. The Labute approximate surface area is 132 Å². The van der Waals surface area contributed by atoms with Crippen molar-refractivity contribution in [2.45, 2.75) is 39.2 Å². The van der Waals surface area contributed by atoms with Gasteiger partial charge in [-0.1, -0.05) is 13.8 Å². The minimum Gasteiger partial charge on any atom is -0.490 e. The Kier molecular flexibility index (Phi) is 3.90. The standard InChI is InChI=1S/C16H19NO2S2/c1-4-16(18,5-2)9-19-12-8-13-14(17-10(3)21-13)15-11(12)6-7-20-15/h6-8,18H,4-5,9H2,1-3H3. The second-order valence-corrected chi connectivity index (χ2v) is 7.49. The van der Waals surface area contributed by atoms with Crippen LogP contribution in [-0.4, -0.2) is 22.3 Å². The average molecular weight is 321 g/mol. The fraction of sp³-hybridized carbons (Fsp3) is 0.438. The van der Waals surface area contributed by atoms with E-state index < -0.39 is 5.60 Å². The number of thiophene rings is 1. The quantitative estimate of drug-likeness (QED) is 0.737. The molecule has 0 aliphatic carbocycles. The minimum absolute atomic E-state index is 0.328. The van der Waals surface area contributed by atoms with Crippen LogP contribution in [0.2, 0.25) is 0 Å². The summed E-state index contributed by atoms with van der Waals surface area (Å²) in [6, 6.07) is 4.13. The Hall–Kier alpha value is -1.17. The number of nitrogens with zero attached hydrogens (tertiary/aromatic N) is 1. The lowest BCUT2D eigenvalue weighted by Gasteiger charge is -2.25. The van der Waals surface area contributed by atoms with Crippen molar-refractivity contribution < 1.29 is 9.84 Å². The van der Waals surface area contributed by atoms with Crippen LogP contribution in [0.3, 0.4) is 0 Å². The molecule has 3 nitrogen and oxygen atoms in total. The zero-order valence-electron chi connectivity index (χ0n) is 12.5. The summed E-state index contributed by atoms with van der Waals surface area (Å²) in [5.41, 5.74) is 0.317. The van der Waals surface area contributed by atoms with Gasteiger partial charge in [-0.05, 0) is 31.2 Å². The first-order valence-electron chi connectivity index (χ1n) is 7.19. The van der Waals surface area contributed by atoms with Crippen LogP contribution >= 0.6 is 22.7 Å². The predicted molar refractivity (Wildman–Crippen MR) is 90.8 cm³/mol. The maximum absolute atomic E-state index is 10.4. The van der Waals surface area contributed by atoms with Gasteiger partial charge in [0.15, 0.2) is 0 Å². The van der Waals surface area contributed by atoms with E-state index in [0.717, 1.165) is 26.4 Å². The molecule has 0 saturated carbocycles. The lowest BCUT2D eigenvalue weighted by Crippen LogP contribution is -2.34. The highest BCUT2D eigenvalue weighted by Gasteiger charge is 2.24. The number of thiazole rings is 1. The number of aromatic nitrogens is 1. The molecule has 0 unspecified atom stereocenters. The van der Waals surface area contributed by atoms with Crippen molar-refractivity contribution in [1.29, 1.82) is 0 Å². The van der Waals surface area contributed by atoms with Crippen LogP contribution in [0.25, 0.3) is 20.3 Å². The summed E-state index contributed by atoms with van der Waals surface area (Å²) in [5.74, 6) is 0.850. The zero-order chi connectivity index (χ0) is 15.0. The van der Waals surface area contributed by atoms with Crippen molar-refractivity contribution in [3.63, 3.8) is 0 Å². The largest absolute Gasteiger partial charge is 0.490 e. The van der Waals surface area contributed by atoms with Crippen LogP contribution in [0.1, 0.15) is 31.7 Å². The summed E-state index contributed by atoms with van der Waals surface area (Å²) >= 11 is 3.37. The molecule has 0 radical (unpaired) electrons. The minimum atomic E-state index is -0.749. The SMILES string of the molecule is CCC(O)(CC)COc1cc2sc(C)nc2c2sccc12. The molecular weight excluding hydrogens is 302 g/mol. The van der Waals surface area contributed by atoms with E-state index in [9.17, 15) is 5.11 Å². The molecule has 2 heterocycles. The zero-order valence-corrected chi connectivity index (χ0v) is 14.1. The maximum atomic E-state index is 10.4. The molecule has 0 amide bonds. The lowest BCUT2D eigenvalue weighted by molar-refractivity contribution is -0.0108. The van der Waals surface area contributed by atoms with Crippen LogP contribution in [0.5, 0.6) is 5.75 Å². The molecule has 0 aliphatic rings. The van der Waals surface area contributed by atoms with Gasteiger partial charge in [0.2, 0.25) is 0 Å². The van der Waals surface area contributed by atoms with Crippen molar-refractivity contribution in [2.75, 3.05) is 6.61 Å². The fourth-order valence-corrected chi connectivity index (χ4v) is 4.21. The Morgan fingerprint density at radius 1 is 1.33 bits per heavy atom. The third-order valence-electron chi connectivity index (χ3n) is 3.98. The Balaban J connectivity index is 2.02. The molecule has 5 heteroatoms. The van der Waals surface area contributed by atoms with Gasteiger partial charge >= 0.3 is 0 Å². The summed E-state index contributed by atoms with van der Waals surface area (Å²) in [6.07, 6.45) is 1.39. The fourth-order valence-electron chi connectivity index (χ4n) is 2.37. The van der Waals surface area contributed by atoms with Gasteiger partial charge in [-0.25, -0.2) is 4.98 Å². The molecule has 0 saturated heterocycles. The predicted octanol–water partition coefficient (Wildman–Crippen LogP) is 4.75. The van der Waals surface area contributed by atoms with Gasteiger partial charge < -0.3 is 9.84 Å². The van der Waals surface area contributed by atoms with Crippen LogP contribution in [-0.2, 0) is 0 Å². The molecule has 21 heavy (non-hydrogen) atoms. The second-order valence-electron chi connectivity index (χ2n) is 5.34. The van der Waals surface area contributed by atoms with Crippen LogP contribution in [0.15, 0.2) is 17.5 Å². The van der Waals surface area contributed by atoms with Gasteiger partial charge in [-0.3, -0.25) is 0 Å². The number of aliphatic hydroxyl groups is 1. The van der Waals surface area contributed by atoms with Crippen molar-refractivity contribution in [2.24, 2.45) is 0 Å². The Bertz CT molecular complexity index is 771. The third kappa shape index (κ3) is 2.65. The topological polar surface area (TPSA) is 42.4 Å². The van der Waals surface area contributed by atoms with Gasteiger partial charge in [0, 0.05) is 11.5 Å². The summed E-state index contributed by atoms with van der Waals surface area (Å²) in [7, 11) is 0. The van der Waals surface area contributed by atoms with E-state index in [-0.39, 0.29) is 0 Å². The van der Waals surface area contributed by atoms with Crippen LogP contribution in [0.4, 0.5) is 0 Å². The van der Waals surface area contributed by atoms with Crippen LogP contribution in [0, 0.1) is 6.92 Å². The van der Waals surface area contributed by atoms with Gasteiger partial charge in [0.05, 0.1) is 25.5 Å². The monoisotopic (exact) mass is 321 g/mol. The van der Waals surface area contributed by atoms with E-state index in [1.54, 1.807) is 22.7 Å². The number of hydrogen-bond acceptors (Lipinski definition) is 5. The van der Waals surface area contributed by atoms with Crippen molar-refractivity contribution in [1.82, 2.24) is 4.98 Å².